The second kappa shape index (κ2) is 6.97. The van der Waals surface area contributed by atoms with Crippen molar-refractivity contribution in [2.75, 3.05) is 5.32 Å². The molecule has 1 N–H and O–H groups in total. The summed E-state index contributed by atoms with van der Waals surface area (Å²) in [5.41, 5.74) is 3.40. The predicted octanol–water partition coefficient (Wildman–Crippen LogP) is 5.23. The molecule has 2 nitrogen and oxygen atoms in total. The van der Waals surface area contributed by atoms with Gasteiger partial charge in [0.1, 0.15) is 5.82 Å². The third kappa shape index (κ3) is 3.80. The topological polar surface area (TPSA) is 29.1 Å². The van der Waals surface area contributed by atoms with Gasteiger partial charge in [-0.2, -0.15) is 0 Å². The zero-order valence-electron chi connectivity index (χ0n) is 12.6. The SMILES string of the molecule is O=C1Nc2cc(Cl)ccc2C1=CCCCCc1cccc(F)c1. The summed E-state index contributed by atoms with van der Waals surface area (Å²) in [4.78, 5) is 12.0. The van der Waals surface area contributed by atoms with Crippen molar-refractivity contribution in [2.24, 2.45) is 0 Å². The van der Waals surface area contributed by atoms with E-state index < -0.39 is 0 Å². The van der Waals surface area contributed by atoms with Crippen molar-refractivity contribution in [3.8, 4) is 0 Å². The van der Waals surface area contributed by atoms with E-state index in [2.05, 4.69) is 5.32 Å². The van der Waals surface area contributed by atoms with Gasteiger partial charge in [0.15, 0.2) is 0 Å². The van der Waals surface area contributed by atoms with Crippen molar-refractivity contribution in [3.05, 3.63) is 70.5 Å². The summed E-state index contributed by atoms with van der Waals surface area (Å²) in [6.07, 6.45) is 5.55. The molecule has 0 fully saturated rings. The number of fused-ring (bicyclic) bond motifs is 1. The van der Waals surface area contributed by atoms with Crippen molar-refractivity contribution in [2.45, 2.75) is 25.7 Å². The molecule has 4 heteroatoms. The minimum atomic E-state index is -0.192. The fraction of sp³-hybridized carbons (Fsp3) is 0.211. The molecule has 3 rings (SSSR count). The fourth-order valence-corrected chi connectivity index (χ4v) is 2.95. The van der Waals surface area contributed by atoms with Gasteiger partial charge in [0.25, 0.3) is 5.91 Å². The second-order valence-corrected chi connectivity index (χ2v) is 6.07. The number of hydrogen-bond acceptors (Lipinski definition) is 1. The molecule has 0 aliphatic carbocycles. The first-order valence-electron chi connectivity index (χ1n) is 7.69. The van der Waals surface area contributed by atoms with Crippen LogP contribution < -0.4 is 5.32 Å². The molecule has 1 aliphatic heterocycles. The number of benzene rings is 2. The van der Waals surface area contributed by atoms with Crippen LogP contribution in [-0.2, 0) is 11.2 Å². The summed E-state index contributed by atoms with van der Waals surface area (Å²) in [5, 5.41) is 3.44. The summed E-state index contributed by atoms with van der Waals surface area (Å²) in [6, 6.07) is 12.1. The van der Waals surface area contributed by atoms with Crippen LogP contribution in [0.4, 0.5) is 10.1 Å². The summed E-state index contributed by atoms with van der Waals surface area (Å²) in [5.74, 6) is -0.269. The second-order valence-electron chi connectivity index (χ2n) is 5.64. The number of unbranched alkanes of at least 4 members (excludes halogenated alkanes) is 2. The molecule has 0 unspecified atom stereocenters. The first-order valence-corrected chi connectivity index (χ1v) is 8.07. The van der Waals surface area contributed by atoms with Crippen molar-refractivity contribution in [1.82, 2.24) is 0 Å². The van der Waals surface area contributed by atoms with Crippen LogP contribution in [0.3, 0.4) is 0 Å². The largest absolute Gasteiger partial charge is 0.321 e. The molecule has 2 aromatic carbocycles. The number of carbonyl (C=O) groups excluding carboxylic acids is 1. The molecule has 0 radical (unpaired) electrons. The maximum Gasteiger partial charge on any atom is 0.256 e. The predicted molar refractivity (Wildman–Crippen MR) is 92.0 cm³/mol. The molecular weight excluding hydrogens is 313 g/mol. The highest BCUT2D eigenvalue weighted by atomic mass is 35.5. The molecule has 1 aliphatic rings. The summed E-state index contributed by atoms with van der Waals surface area (Å²) < 4.78 is 13.1. The van der Waals surface area contributed by atoms with Crippen LogP contribution in [0.5, 0.6) is 0 Å². The van der Waals surface area contributed by atoms with E-state index in [9.17, 15) is 9.18 Å². The number of allylic oxidation sites excluding steroid dienone is 1. The van der Waals surface area contributed by atoms with Crippen LogP contribution in [-0.4, -0.2) is 5.91 Å². The number of carbonyl (C=O) groups is 1. The Kier molecular flexibility index (Phi) is 4.77. The van der Waals surface area contributed by atoms with Gasteiger partial charge in [-0.1, -0.05) is 35.9 Å². The zero-order chi connectivity index (χ0) is 16.2. The Balaban J connectivity index is 1.56. The van der Waals surface area contributed by atoms with Crippen molar-refractivity contribution < 1.29 is 9.18 Å². The third-order valence-electron chi connectivity index (χ3n) is 3.92. The molecule has 118 valence electrons. The third-order valence-corrected chi connectivity index (χ3v) is 4.16. The van der Waals surface area contributed by atoms with Crippen LogP contribution in [0.2, 0.25) is 5.02 Å². The van der Waals surface area contributed by atoms with Gasteiger partial charge in [-0.15, -0.1) is 0 Å². The monoisotopic (exact) mass is 329 g/mol. The number of anilines is 1. The van der Waals surface area contributed by atoms with E-state index in [-0.39, 0.29) is 11.7 Å². The number of halogens is 2. The Labute approximate surface area is 140 Å². The van der Waals surface area contributed by atoms with Gasteiger partial charge < -0.3 is 5.32 Å². The lowest BCUT2D eigenvalue weighted by molar-refractivity contribution is -0.110. The molecule has 0 aromatic heterocycles. The molecule has 0 bridgehead atoms. The molecule has 0 atom stereocenters. The minimum Gasteiger partial charge on any atom is -0.321 e. The van der Waals surface area contributed by atoms with E-state index >= 15 is 0 Å². The smallest absolute Gasteiger partial charge is 0.256 e. The molecule has 23 heavy (non-hydrogen) atoms. The van der Waals surface area contributed by atoms with Gasteiger partial charge in [-0.05, 0) is 55.5 Å². The molecule has 1 amide bonds. The summed E-state index contributed by atoms with van der Waals surface area (Å²) in [6.45, 7) is 0. The van der Waals surface area contributed by atoms with Gasteiger partial charge in [0, 0.05) is 16.2 Å². The van der Waals surface area contributed by atoms with Gasteiger partial charge in [-0.3, -0.25) is 4.79 Å². The quantitative estimate of drug-likeness (QED) is 0.590. The van der Waals surface area contributed by atoms with E-state index in [1.807, 2.05) is 18.2 Å². The lowest BCUT2D eigenvalue weighted by Crippen LogP contribution is -2.03. The Bertz CT molecular complexity index is 770. The Morgan fingerprint density at radius 1 is 1.13 bits per heavy atom. The number of nitrogens with one attached hydrogen (secondary N) is 1. The fourth-order valence-electron chi connectivity index (χ4n) is 2.78. The highest BCUT2D eigenvalue weighted by molar-refractivity contribution is 6.34. The Morgan fingerprint density at radius 2 is 2.00 bits per heavy atom. The molecule has 0 saturated carbocycles. The van der Waals surface area contributed by atoms with Crippen LogP contribution in [0.25, 0.3) is 5.57 Å². The van der Waals surface area contributed by atoms with Crippen LogP contribution in [0, 0.1) is 5.82 Å². The molecule has 0 spiro atoms. The van der Waals surface area contributed by atoms with Gasteiger partial charge in [0.2, 0.25) is 0 Å². The Hall–Kier alpha value is -2.13. The average molecular weight is 330 g/mol. The van der Waals surface area contributed by atoms with Crippen LogP contribution in [0.15, 0.2) is 48.5 Å². The number of hydrogen-bond donors (Lipinski definition) is 1. The molecular formula is C19H17ClFNO. The molecule has 1 heterocycles. The first kappa shape index (κ1) is 15.8. The summed E-state index contributed by atoms with van der Waals surface area (Å²) >= 11 is 5.94. The van der Waals surface area contributed by atoms with E-state index in [0.29, 0.717) is 10.6 Å². The lowest BCUT2D eigenvalue weighted by atomic mass is 10.0. The van der Waals surface area contributed by atoms with E-state index in [1.165, 1.54) is 6.07 Å². The number of amides is 1. The van der Waals surface area contributed by atoms with E-state index in [1.54, 1.807) is 24.3 Å². The van der Waals surface area contributed by atoms with Crippen molar-refractivity contribution in [3.63, 3.8) is 0 Å². The first-order chi connectivity index (χ1) is 11.1. The van der Waals surface area contributed by atoms with Crippen LogP contribution >= 0.6 is 11.6 Å². The highest BCUT2D eigenvalue weighted by Gasteiger charge is 2.23. The number of aryl methyl sites for hydroxylation is 1. The lowest BCUT2D eigenvalue weighted by Gasteiger charge is -2.01. The molecule has 2 aromatic rings. The Morgan fingerprint density at radius 3 is 2.83 bits per heavy atom. The van der Waals surface area contributed by atoms with Crippen LogP contribution in [0.1, 0.15) is 30.4 Å². The van der Waals surface area contributed by atoms with Gasteiger partial charge >= 0.3 is 0 Å². The van der Waals surface area contributed by atoms with E-state index in [4.69, 9.17) is 11.6 Å². The highest BCUT2D eigenvalue weighted by Crippen LogP contribution is 2.34. The zero-order valence-corrected chi connectivity index (χ0v) is 13.4. The van der Waals surface area contributed by atoms with Crippen molar-refractivity contribution in [1.29, 1.82) is 0 Å². The van der Waals surface area contributed by atoms with Crippen molar-refractivity contribution >= 4 is 28.8 Å². The maximum atomic E-state index is 13.1. The average Bonchev–Trinajstić information content (AvgIpc) is 2.82. The normalized spacial score (nSPS) is 14.9. The molecule has 0 saturated heterocycles. The minimum absolute atomic E-state index is 0.0765. The standard InChI is InChI=1S/C19H17ClFNO/c20-14-9-10-16-17(19(23)22-18(16)12-14)8-3-1-2-5-13-6-4-7-15(21)11-13/h4,6-12H,1-3,5H2,(H,22,23). The van der Waals surface area contributed by atoms with Gasteiger partial charge in [0.05, 0.1) is 5.69 Å². The number of rotatable bonds is 5. The maximum absolute atomic E-state index is 13.1. The summed E-state index contributed by atoms with van der Waals surface area (Å²) in [7, 11) is 0. The van der Waals surface area contributed by atoms with E-state index in [0.717, 1.165) is 42.5 Å². The van der Waals surface area contributed by atoms with Gasteiger partial charge in [-0.25, -0.2) is 4.39 Å².